The van der Waals surface area contributed by atoms with Gasteiger partial charge in [-0.15, -0.1) is 0 Å². The normalized spacial score (nSPS) is 20.8. The molecule has 166 valence electrons. The van der Waals surface area contributed by atoms with Crippen LogP contribution < -0.4 is 5.46 Å². The van der Waals surface area contributed by atoms with Gasteiger partial charge in [-0.25, -0.2) is 0 Å². The van der Waals surface area contributed by atoms with E-state index >= 15 is 0 Å². The van der Waals surface area contributed by atoms with E-state index in [0.29, 0.717) is 5.92 Å². The van der Waals surface area contributed by atoms with E-state index in [1.807, 2.05) is 0 Å². The predicted molar refractivity (Wildman–Crippen MR) is 139 cm³/mol. The third-order valence-corrected chi connectivity index (χ3v) is 7.24. The maximum atomic E-state index is 6.27. The zero-order valence-electron chi connectivity index (χ0n) is 19.9. The summed E-state index contributed by atoms with van der Waals surface area (Å²) in [5.41, 5.74) is 6.56. The minimum absolute atomic E-state index is 0.345. The van der Waals surface area contributed by atoms with Crippen molar-refractivity contribution in [1.29, 1.82) is 0 Å². The zero-order valence-corrected chi connectivity index (χ0v) is 19.9. The molecule has 3 aromatic rings. The molecule has 3 aromatic carbocycles. The summed E-state index contributed by atoms with van der Waals surface area (Å²) in [6.45, 7) is 8.36. The van der Waals surface area contributed by atoms with Crippen LogP contribution in [0.15, 0.2) is 97.1 Å². The first-order valence-electron chi connectivity index (χ1n) is 11.8. The maximum absolute atomic E-state index is 6.27. The van der Waals surface area contributed by atoms with Crippen LogP contribution in [0.25, 0.3) is 22.3 Å². The van der Waals surface area contributed by atoms with Gasteiger partial charge in [0.1, 0.15) is 0 Å². The van der Waals surface area contributed by atoms with E-state index in [0.717, 1.165) is 11.9 Å². The smallest absolute Gasteiger partial charge is 0.399 e. The fourth-order valence-electron chi connectivity index (χ4n) is 4.50. The largest absolute Gasteiger partial charge is 0.494 e. The molecule has 0 N–H and O–H groups in total. The fourth-order valence-corrected chi connectivity index (χ4v) is 4.50. The molecule has 3 heteroatoms. The second-order valence-electron chi connectivity index (χ2n) is 10.1. The Morgan fingerprint density at radius 2 is 1.27 bits per heavy atom. The van der Waals surface area contributed by atoms with Crippen LogP contribution in [-0.2, 0) is 9.31 Å². The van der Waals surface area contributed by atoms with Crippen molar-refractivity contribution in [3.63, 3.8) is 0 Å². The van der Waals surface area contributed by atoms with Crippen LogP contribution >= 0.6 is 0 Å². The summed E-state index contributed by atoms with van der Waals surface area (Å²) in [5.74, 6) is 0.453. The van der Waals surface area contributed by atoms with Gasteiger partial charge in [0.15, 0.2) is 0 Å². The Bertz CT molecular complexity index is 1210. The highest BCUT2D eigenvalue weighted by Gasteiger charge is 2.51. The van der Waals surface area contributed by atoms with Gasteiger partial charge in [-0.1, -0.05) is 91.0 Å². The molecular formula is C30H31BO2. The van der Waals surface area contributed by atoms with E-state index < -0.39 is 0 Å². The monoisotopic (exact) mass is 434 g/mol. The molecule has 1 aliphatic carbocycles. The molecule has 2 nitrogen and oxygen atoms in total. The van der Waals surface area contributed by atoms with Crippen molar-refractivity contribution in [1.82, 2.24) is 0 Å². The van der Waals surface area contributed by atoms with Gasteiger partial charge in [0.25, 0.3) is 0 Å². The number of allylic oxidation sites excluding steroid dienone is 4. The van der Waals surface area contributed by atoms with Gasteiger partial charge in [-0.05, 0) is 73.5 Å². The van der Waals surface area contributed by atoms with Crippen molar-refractivity contribution in [3.8, 4) is 22.3 Å². The molecule has 0 amide bonds. The van der Waals surface area contributed by atoms with Crippen LogP contribution in [0.5, 0.6) is 0 Å². The van der Waals surface area contributed by atoms with Gasteiger partial charge < -0.3 is 9.31 Å². The number of hydrogen-bond acceptors (Lipinski definition) is 2. The van der Waals surface area contributed by atoms with E-state index in [1.54, 1.807) is 0 Å². The van der Waals surface area contributed by atoms with Gasteiger partial charge in [0, 0.05) is 5.92 Å². The third-order valence-electron chi connectivity index (χ3n) is 7.24. The predicted octanol–water partition coefficient (Wildman–Crippen LogP) is 6.92. The lowest BCUT2D eigenvalue weighted by Gasteiger charge is -2.32. The van der Waals surface area contributed by atoms with E-state index in [4.69, 9.17) is 9.31 Å². The summed E-state index contributed by atoms with van der Waals surface area (Å²) >= 11 is 0. The van der Waals surface area contributed by atoms with Crippen molar-refractivity contribution in [2.45, 2.75) is 51.2 Å². The second kappa shape index (κ2) is 8.48. The summed E-state index contributed by atoms with van der Waals surface area (Å²) in [5, 5.41) is 0. The third kappa shape index (κ3) is 4.36. The Kier molecular flexibility index (Phi) is 5.64. The van der Waals surface area contributed by atoms with Crippen LogP contribution in [0.3, 0.4) is 0 Å². The van der Waals surface area contributed by atoms with Crippen LogP contribution in [0.4, 0.5) is 0 Å². The molecule has 1 unspecified atom stereocenters. The van der Waals surface area contributed by atoms with Crippen molar-refractivity contribution >= 4 is 12.6 Å². The highest BCUT2D eigenvalue weighted by Crippen LogP contribution is 2.37. The van der Waals surface area contributed by atoms with E-state index in [2.05, 4.69) is 125 Å². The Labute approximate surface area is 198 Å². The minimum Gasteiger partial charge on any atom is -0.399 e. The second-order valence-corrected chi connectivity index (χ2v) is 10.1. The molecule has 2 aliphatic rings. The topological polar surface area (TPSA) is 18.5 Å². The maximum Gasteiger partial charge on any atom is 0.494 e. The molecule has 1 saturated heterocycles. The Morgan fingerprint density at radius 1 is 0.697 bits per heavy atom. The molecule has 0 bridgehead atoms. The first-order valence-corrected chi connectivity index (χ1v) is 11.8. The molecule has 0 aromatic heterocycles. The van der Waals surface area contributed by atoms with Crippen LogP contribution in [0, 0.1) is 0 Å². The molecule has 0 radical (unpaired) electrons. The SMILES string of the molecule is CC1(C)OB(c2cccc(-c3cccc(-c4cccc(C5C=CC=CC5)c4)c3)c2)OC1(C)C. The fraction of sp³-hybridized carbons (Fsp3) is 0.267. The minimum atomic E-state index is -0.354. The standard InChI is InChI=1S/C30H31BO2/c1-29(2)30(3,4)33-31(32-29)28-18-10-17-27(21-28)26-16-9-15-25(20-26)24-14-8-13-23(19-24)22-11-6-5-7-12-22/h5-11,13-22H,12H2,1-4H3. The van der Waals surface area contributed by atoms with Crippen LogP contribution in [0.1, 0.15) is 45.6 Å². The lowest BCUT2D eigenvalue weighted by atomic mass is 9.78. The van der Waals surface area contributed by atoms with Crippen molar-refractivity contribution in [2.24, 2.45) is 0 Å². The summed E-state index contributed by atoms with van der Waals surface area (Å²) in [6, 6.07) is 26.2. The van der Waals surface area contributed by atoms with E-state index in [1.165, 1.54) is 27.8 Å². The average Bonchev–Trinajstić information content (AvgIpc) is 3.07. The molecule has 5 rings (SSSR count). The molecule has 0 saturated carbocycles. The summed E-state index contributed by atoms with van der Waals surface area (Å²) in [7, 11) is -0.354. The van der Waals surface area contributed by atoms with Gasteiger partial charge in [0.2, 0.25) is 0 Å². The van der Waals surface area contributed by atoms with Gasteiger partial charge in [-0.2, -0.15) is 0 Å². The van der Waals surface area contributed by atoms with Crippen LogP contribution in [0.2, 0.25) is 0 Å². The Balaban J connectivity index is 1.43. The highest BCUT2D eigenvalue weighted by molar-refractivity contribution is 6.62. The molecular weight excluding hydrogens is 403 g/mol. The van der Waals surface area contributed by atoms with Gasteiger partial charge in [0.05, 0.1) is 11.2 Å². The quantitative estimate of drug-likeness (QED) is 0.415. The number of benzene rings is 3. The lowest BCUT2D eigenvalue weighted by molar-refractivity contribution is 0.00578. The molecule has 1 fully saturated rings. The molecule has 1 atom stereocenters. The summed E-state index contributed by atoms with van der Waals surface area (Å²) in [6.07, 6.45) is 9.86. The van der Waals surface area contributed by atoms with Crippen LogP contribution in [-0.4, -0.2) is 18.3 Å². The molecule has 1 aliphatic heterocycles. The first-order chi connectivity index (χ1) is 15.8. The van der Waals surface area contributed by atoms with Gasteiger partial charge in [-0.3, -0.25) is 0 Å². The van der Waals surface area contributed by atoms with Crippen molar-refractivity contribution in [2.75, 3.05) is 0 Å². The summed E-state index contributed by atoms with van der Waals surface area (Å²) < 4.78 is 12.5. The lowest BCUT2D eigenvalue weighted by Crippen LogP contribution is -2.41. The van der Waals surface area contributed by atoms with E-state index in [9.17, 15) is 0 Å². The Morgan fingerprint density at radius 3 is 1.91 bits per heavy atom. The van der Waals surface area contributed by atoms with Gasteiger partial charge >= 0.3 is 7.12 Å². The zero-order chi connectivity index (χ0) is 23.1. The molecule has 1 heterocycles. The molecule has 33 heavy (non-hydrogen) atoms. The first kappa shape index (κ1) is 21.9. The van der Waals surface area contributed by atoms with E-state index in [-0.39, 0.29) is 18.3 Å². The Hall–Kier alpha value is -2.88. The number of hydrogen-bond donors (Lipinski definition) is 0. The average molecular weight is 434 g/mol. The summed E-state index contributed by atoms with van der Waals surface area (Å²) in [4.78, 5) is 0. The van der Waals surface area contributed by atoms with Crippen molar-refractivity contribution < 1.29 is 9.31 Å². The number of rotatable bonds is 4. The highest BCUT2D eigenvalue weighted by atomic mass is 16.7. The molecule has 0 spiro atoms. The van der Waals surface area contributed by atoms with Crippen molar-refractivity contribution in [3.05, 3.63) is 103 Å².